The molecule has 0 spiro atoms. The fourth-order valence-electron chi connectivity index (χ4n) is 4.15. The molecular formula is C32H30Cl2N4O8S. The molecular weight excluding hydrogens is 671 g/mol. The summed E-state index contributed by atoms with van der Waals surface area (Å²) >= 11 is 12.3. The summed E-state index contributed by atoms with van der Waals surface area (Å²) in [5.74, 6) is -0.0485. The van der Waals surface area contributed by atoms with Crippen LogP contribution in [0.4, 0.5) is 11.4 Å². The Morgan fingerprint density at radius 3 is 2.19 bits per heavy atom. The van der Waals surface area contributed by atoms with Crippen LogP contribution in [0.15, 0.2) is 94.9 Å². The van der Waals surface area contributed by atoms with Crippen molar-refractivity contribution in [2.24, 2.45) is 5.10 Å². The lowest BCUT2D eigenvalue weighted by atomic mass is 10.2. The van der Waals surface area contributed by atoms with Crippen molar-refractivity contribution in [2.75, 3.05) is 44.1 Å². The highest BCUT2D eigenvalue weighted by Gasteiger charge is 2.30. The van der Waals surface area contributed by atoms with Gasteiger partial charge in [0.1, 0.15) is 18.0 Å². The standard InChI is InChI=1S/C32H30Cl2N4O8S/c1-43-28-14-10-22(33)16-27(28)38(47(41,42)24-13-15-29(44-2)30(17-24)45-3)19-31(39)37-35-18-21-8-11-23(12-9-21)46-20-32(40)36-26-7-5-4-6-25(26)34/h4-18H,19-20H2,1-3H3,(H,36,40)(H,37,39)/b35-18+. The van der Waals surface area contributed by atoms with Crippen molar-refractivity contribution in [3.63, 3.8) is 0 Å². The van der Waals surface area contributed by atoms with E-state index < -0.39 is 22.5 Å². The van der Waals surface area contributed by atoms with Crippen LogP contribution in [0.2, 0.25) is 10.0 Å². The largest absolute Gasteiger partial charge is 0.495 e. The molecule has 0 saturated heterocycles. The second-order valence-electron chi connectivity index (χ2n) is 9.52. The zero-order chi connectivity index (χ0) is 34.0. The lowest BCUT2D eigenvalue weighted by Gasteiger charge is -2.25. The summed E-state index contributed by atoms with van der Waals surface area (Å²) in [6.45, 7) is -0.914. The minimum absolute atomic E-state index is 0.0325. The molecule has 47 heavy (non-hydrogen) atoms. The summed E-state index contributed by atoms with van der Waals surface area (Å²) in [4.78, 5) is 25.1. The van der Waals surface area contributed by atoms with Crippen LogP contribution in [0.1, 0.15) is 5.56 Å². The molecule has 246 valence electrons. The van der Waals surface area contributed by atoms with Crippen LogP contribution in [-0.2, 0) is 19.6 Å². The number of amides is 2. The molecule has 0 bridgehead atoms. The van der Waals surface area contributed by atoms with Gasteiger partial charge in [-0.1, -0.05) is 35.3 Å². The molecule has 4 rings (SSSR count). The Morgan fingerprint density at radius 2 is 1.51 bits per heavy atom. The predicted octanol–water partition coefficient (Wildman–Crippen LogP) is 5.38. The van der Waals surface area contributed by atoms with Crippen LogP contribution in [0.3, 0.4) is 0 Å². The number of hydrogen-bond acceptors (Lipinski definition) is 9. The molecule has 2 amide bonds. The first-order valence-electron chi connectivity index (χ1n) is 13.7. The number of ether oxygens (including phenoxy) is 4. The summed E-state index contributed by atoms with van der Waals surface area (Å²) in [5.41, 5.74) is 3.44. The first-order valence-corrected chi connectivity index (χ1v) is 15.9. The number of rotatable bonds is 14. The van der Waals surface area contributed by atoms with Crippen molar-refractivity contribution in [2.45, 2.75) is 4.90 Å². The quantitative estimate of drug-likeness (QED) is 0.132. The molecule has 0 aromatic heterocycles. The molecule has 12 nitrogen and oxygen atoms in total. The molecule has 0 aliphatic heterocycles. The SMILES string of the molecule is COc1ccc(S(=O)(=O)N(CC(=O)N/N=C/c2ccc(OCC(=O)Nc3ccccc3Cl)cc2)c2cc(Cl)ccc2OC)cc1OC. The van der Waals surface area contributed by atoms with Crippen molar-refractivity contribution in [1.29, 1.82) is 0 Å². The highest BCUT2D eigenvalue weighted by atomic mass is 35.5. The monoisotopic (exact) mass is 700 g/mol. The average molecular weight is 702 g/mol. The average Bonchev–Trinajstić information content (AvgIpc) is 3.07. The second-order valence-corrected chi connectivity index (χ2v) is 12.2. The first-order chi connectivity index (χ1) is 22.5. The predicted molar refractivity (Wildman–Crippen MR) is 180 cm³/mol. The minimum atomic E-state index is -4.37. The van der Waals surface area contributed by atoms with E-state index >= 15 is 0 Å². The number of sulfonamides is 1. The summed E-state index contributed by atoms with van der Waals surface area (Å²) in [6.07, 6.45) is 1.36. The number of para-hydroxylation sites is 1. The number of anilines is 2. The van der Waals surface area contributed by atoms with Crippen molar-refractivity contribution >= 4 is 62.6 Å². The van der Waals surface area contributed by atoms with Crippen LogP contribution in [0, 0.1) is 0 Å². The number of benzene rings is 4. The Kier molecular flexibility index (Phi) is 11.9. The maximum atomic E-state index is 13.9. The Morgan fingerprint density at radius 1 is 0.830 bits per heavy atom. The molecule has 0 heterocycles. The number of hydrogen-bond donors (Lipinski definition) is 2. The first kappa shape index (κ1) is 34.9. The van der Waals surface area contributed by atoms with E-state index in [1.807, 2.05) is 0 Å². The number of halogens is 2. The smallest absolute Gasteiger partial charge is 0.265 e. The molecule has 0 atom stereocenters. The molecule has 2 N–H and O–H groups in total. The number of carbonyl (C=O) groups excluding carboxylic acids is 2. The number of nitrogens with zero attached hydrogens (tertiary/aromatic N) is 2. The maximum absolute atomic E-state index is 13.9. The van der Waals surface area contributed by atoms with E-state index in [4.69, 9.17) is 42.1 Å². The zero-order valence-electron chi connectivity index (χ0n) is 25.4. The van der Waals surface area contributed by atoms with E-state index in [1.165, 1.54) is 63.9 Å². The fourth-order valence-corrected chi connectivity index (χ4v) is 5.94. The molecule has 0 saturated carbocycles. The third kappa shape index (κ3) is 9.06. The van der Waals surface area contributed by atoms with Crippen LogP contribution < -0.4 is 34.0 Å². The van der Waals surface area contributed by atoms with Gasteiger partial charge < -0.3 is 24.3 Å². The summed E-state index contributed by atoms with van der Waals surface area (Å²) in [7, 11) is -0.208. The van der Waals surface area contributed by atoms with Crippen LogP contribution in [0.25, 0.3) is 0 Å². The number of carbonyl (C=O) groups is 2. The van der Waals surface area contributed by atoms with E-state index in [0.29, 0.717) is 27.8 Å². The van der Waals surface area contributed by atoms with Crippen LogP contribution >= 0.6 is 23.2 Å². The van der Waals surface area contributed by atoms with Crippen LogP contribution in [0.5, 0.6) is 23.0 Å². The highest BCUT2D eigenvalue weighted by molar-refractivity contribution is 7.92. The van der Waals surface area contributed by atoms with Gasteiger partial charge in [0.25, 0.3) is 21.8 Å². The van der Waals surface area contributed by atoms with E-state index in [2.05, 4.69) is 15.8 Å². The lowest BCUT2D eigenvalue weighted by molar-refractivity contribution is -0.119. The van der Waals surface area contributed by atoms with E-state index in [1.54, 1.807) is 48.5 Å². The summed E-state index contributed by atoms with van der Waals surface area (Å²) in [5, 5.41) is 7.26. The van der Waals surface area contributed by atoms with Gasteiger partial charge in [0.15, 0.2) is 18.1 Å². The van der Waals surface area contributed by atoms with Crippen LogP contribution in [-0.4, -0.2) is 60.9 Å². The summed E-state index contributed by atoms with van der Waals surface area (Å²) in [6, 6.07) is 21.8. The molecule has 0 aliphatic carbocycles. The maximum Gasteiger partial charge on any atom is 0.265 e. The zero-order valence-corrected chi connectivity index (χ0v) is 27.7. The van der Waals surface area contributed by atoms with Gasteiger partial charge in [-0.15, -0.1) is 0 Å². The van der Waals surface area contributed by atoms with E-state index in [-0.39, 0.29) is 39.6 Å². The molecule has 0 radical (unpaired) electrons. The Bertz CT molecular complexity index is 1870. The number of nitrogens with one attached hydrogen (secondary N) is 2. The number of hydrazone groups is 1. The lowest BCUT2D eigenvalue weighted by Crippen LogP contribution is -2.39. The molecule has 0 fully saturated rings. The second kappa shape index (κ2) is 16.0. The molecule has 15 heteroatoms. The highest BCUT2D eigenvalue weighted by Crippen LogP contribution is 2.37. The van der Waals surface area contributed by atoms with Gasteiger partial charge >= 0.3 is 0 Å². The minimum Gasteiger partial charge on any atom is -0.495 e. The van der Waals surface area contributed by atoms with Gasteiger partial charge in [-0.2, -0.15) is 5.10 Å². The van der Waals surface area contributed by atoms with Gasteiger partial charge in [-0.25, -0.2) is 13.8 Å². The van der Waals surface area contributed by atoms with E-state index in [9.17, 15) is 18.0 Å². The Labute approximate surface area is 281 Å². The Hall–Kier alpha value is -4.98. The van der Waals surface area contributed by atoms with Gasteiger partial charge in [0, 0.05) is 11.1 Å². The molecule has 0 aliphatic rings. The van der Waals surface area contributed by atoms with Crippen molar-refractivity contribution < 1.29 is 37.0 Å². The van der Waals surface area contributed by atoms with Crippen molar-refractivity contribution in [3.05, 3.63) is 101 Å². The van der Waals surface area contributed by atoms with Gasteiger partial charge in [-0.3, -0.25) is 13.9 Å². The molecule has 0 unspecified atom stereocenters. The number of methoxy groups -OCH3 is 3. The Balaban J connectivity index is 1.44. The third-order valence-electron chi connectivity index (χ3n) is 6.44. The van der Waals surface area contributed by atoms with Crippen molar-refractivity contribution in [1.82, 2.24) is 5.43 Å². The normalized spacial score (nSPS) is 11.1. The molecule has 4 aromatic carbocycles. The van der Waals surface area contributed by atoms with E-state index in [0.717, 1.165) is 4.31 Å². The third-order valence-corrected chi connectivity index (χ3v) is 8.76. The van der Waals surface area contributed by atoms with Crippen molar-refractivity contribution in [3.8, 4) is 23.0 Å². The van der Waals surface area contributed by atoms with Gasteiger partial charge in [0.05, 0.1) is 48.8 Å². The topological polar surface area (TPSA) is 145 Å². The van der Waals surface area contributed by atoms with Gasteiger partial charge in [-0.05, 0) is 72.3 Å². The molecule has 4 aromatic rings. The summed E-state index contributed by atoms with van der Waals surface area (Å²) < 4.78 is 50.1. The van der Waals surface area contributed by atoms with Gasteiger partial charge in [0.2, 0.25) is 0 Å². The fraction of sp³-hybridized carbons (Fsp3) is 0.156.